The van der Waals surface area contributed by atoms with Crippen molar-refractivity contribution in [1.82, 2.24) is 19.2 Å². The van der Waals surface area contributed by atoms with Crippen LogP contribution < -0.4 is 5.76 Å². The van der Waals surface area contributed by atoms with E-state index in [9.17, 15) is 9.59 Å². The SMILES string of the molecule is O=C(Cn1c(=O)oc2ccccc21)N1CCCOC(Cn2cccn2)C1. The number of oxazole rings is 1. The van der Waals surface area contributed by atoms with Gasteiger partial charge < -0.3 is 14.1 Å². The molecule has 26 heavy (non-hydrogen) atoms. The fourth-order valence-corrected chi connectivity index (χ4v) is 3.25. The molecule has 8 nitrogen and oxygen atoms in total. The molecule has 1 aliphatic heterocycles. The van der Waals surface area contributed by atoms with E-state index in [2.05, 4.69) is 5.10 Å². The maximum absolute atomic E-state index is 12.8. The zero-order valence-corrected chi connectivity index (χ0v) is 14.3. The van der Waals surface area contributed by atoms with Gasteiger partial charge in [0.15, 0.2) is 5.58 Å². The molecule has 4 rings (SSSR count). The summed E-state index contributed by atoms with van der Waals surface area (Å²) in [5.74, 6) is -0.631. The standard InChI is InChI=1S/C18H20N4O4/c23-17(13-22-15-5-1-2-6-16(15)26-18(22)24)20-8-4-10-25-14(11-20)12-21-9-3-7-19-21/h1-3,5-7,9,14H,4,8,10-13H2. The highest BCUT2D eigenvalue weighted by molar-refractivity contribution is 5.79. The van der Waals surface area contributed by atoms with Crippen molar-refractivity contribution in [3.05, 3.63) is 53.3 Å². The van der Waals surface area contributed by atoms with Crippen LogP contribution in [-0.4, -0.2) is 51.0 Å². The summed E-state index contributed by atoms with van der Waals surface area (Å²) in [5.41, 5.74) is 1.12. The lowest BCUT2D eigenvalue weighted by Crippen LogP contribution is -2.41. The lowest BCUT2D eigenvalue weighted by atomic mass is 10.3. The topological polar surface area (TPSA) is 82.5 Å². The Kier molecular flexibility index (Phi) is 4.57. The molecule has 0 N–H and O–H groups in total. The summed E-state index contributed by atoms with van der Waals surface area (Å²) in [6.45, 7) is 2.24. The summed E-state index contributed by atoms with van der Waals surface area (Å²) >= 11 is 0. The van der Waals surface area contributed by atoms with E-state index in [4.69, 9.17) is 9.15 Å². The fourth-order valence-electron chi connectivity index (χ4n) is 3.25. The van der Waals surface area contributed by atoms with Crippen LogP contribution in [0.3, 0.4) is 0 Å². The van der Waals surface area contributed by atoms with Gasteiger partial charge in [-0.1, -0.05) is 12.1 Å². The van der Waals surface area contributed by atoms with Crippen molar-refractivity contribution in [2.45, 2.75) is 25.6 Å². The van der Waals surface area contributed by atoms with Gasteiger partial charge in [-0.05, 0) is 24.6 Å². The van der Waals surface area contributed by atoms with E-state index in [0.717, 1.165) is 6.42 Å². The predicted molar refractivity (Wildman–Crippen MR) is 93.6 cm³/mol. The number of hydrogen-bond acceptors (Lipinski definition) is 5. The van der Waals surface area contributed by atoms with Crippen LogP contribution >= 0.6 is 0 Å². The molecule has 1 atom stereocenters. The Morgan fingerprint density at radius 2 is 2.15 bits per heavy atom. The first kappa shape index (κ1) is 16.6. The molecule has 0 bridgehead atoms. The average molecular weight is 356 g/mol. The van der Waals surface area contributed by atoms with Gasteiger partial charge in [-0.3, -0.25) is 14.0 Å². The molecule has 2 aromatic heterocycles. The van der Waals surface area contributed by atoms with Gasteiger partial charge in [0, 0.05) is 32.1 Å². The van der Waals surface area contributed by atoms with E-state index in [-0.39, 0.29) is 18.6 Å². The third kappa shape index (κ3) is 3.41. The Morgan fingerprint density at radius 3 is 3.00 bits per heavy atom. The molecule has 1 saturated heterocycles. The van der Waals surface area contributed by atoms with E-state index in [1.807, 2.05) is 18.3 Å². The highest BCUT2D eigenvalue weighted by Crippen LogP contribution is 2.13. The van der Waals surface area contributed by atoms with E-state index >= 15 is 0 Å². The van der Waals surface area contributed by atoms with Gasteiger partial charge in [0.05, 0.1) is 18.2 Å². The molecule has 1 aromatic carbocycles. The van der Waals surface area contributed by atoms with Crippen LogP contribution in [0.2, 0.25) is 0 Å². The minimum absolute atomic E-state index is 0.0374. The maximum atomic E-state index is 12.8. The second-order valence-corrected chi connectivity index (χ2v) is 6.34. The zero-order chi connectivity index (χ0) is 17.9. The number of ether oxygens (including phenoxy) is 1. The summed E-state index contributed by atoms with van der Waals surface area (Å²) in [7, 11) is 0. The summed E-state index contributed by atoms with van der Waals surface area (Å²) in [4.78, 5) is 26.7. The van der Waals surface area contributed by atoms with Crippen molar-refractivity contribution < 1.29 is 13.9 Å². The van der Waals surface area contributed by atoms with E-state index in [1.165, 1.54) is 4.57 Å². The van der Waals surface area contributed by atoms with Crippen molar-refractivity contribution in [3.63, 3.8) is 0 Å². The van der Waals surface area contributed by atoms with E-state index < -0.39 is 5.76 Å². The second-order valence-electron chi connectivity index (χ2n) is 6.34. The normalized spacial score (nSPS) is 18.2. The number of benzene rings is 1. The Bertz CT molecular complexity index is 944. The van der Waals surface area contributed by atoms with Gasteiger partial charge in [-0.25, -0.2) is 4.79 Å². The first-order chi connectivity index (χ1) is 12.7. The van der Waals surface area contributed by atoms with Crippen LogP contribution in [0.4, 0.5) is 0 Å². The fraction of sp³-hybridized carbons (Fsp3) is 0.389. The first-order valence-corrected chi connectivity index (χ1v) is 8.66. The number of amides is 1. The molecule has 0 saturated carbocycles. The Morgan fingerprint density at radius 1 is 1.27 bits per heavy atom. The maximum Gasteiger partial charge on any atom is 0.420 e. The van der Waals surface area contributed by atoms with Gasteiger partial charge in [0.2, 0.25) is 5.91 Å². The van der Waals surface area contributed by atoms with Crippen molar-refractivity contribution in [1.29, 1.82) is 0 Å². The Hall–Kier alpha value is -2.87. The monoisotopic (exact) mass is 356 g/mol. The molecule has 0 aliphatic carbocycles. The number of nitrogens with zero attached hydrogens (tertiary/aromatic N) is 4. The molecule has 0 radical (unpaired) electrons. The minimum Gasteiger partial charge on any atom is -0.408 e. The van der Waals surface area contributed by atoms with Crippen molar-refractivity contribution in [3.8, 4) is 0 Å². The number of hydrogen-bond donors (Lipinski definition) is 0. The van der Waals surface area contributed by atoms with E-state index in [1.54, 1.807) is 34.0 Å². The van der Waals surface area contributed by atoms with Crippen LogP contribution in [0.15, 0.2) is 51.9 Å². The number of carbonyl (C=O) groups excluding carboxylic acids is 1. The average Bonchev–Trinajstić information content (AvgIpc) is 3.17. The zero-order valence-electron chi connectivity index (χ0n) is 14.3. The number of fused-ring (bicyclic) bond motifs is 1. The number of para-hydroxylation sites is 2. The van der Waals surface area contributed by atoms with Crippen LogP contribution in [0.25, 0.3) is 11.1 Å². The number of rotatable bonds is 4. The predicted octanol–water partition coefficient (Wildman–Crippen LogP) is 1.11. The van der Waals surface area contributed by atoms with Gasteiger partial charge in [-0.15, -0.1) is 0 Å². The number of carbonyl (C=O) groups is 1. The third-order valence-electron chi connectivity index (χ3n) is 4.52. The lowest BCUT2D eigenvalue weighted by Gasteiger charge is -2.24. The molecule has 136 valence electrons. The molecule has 1 fully saturated rings. The molecule has 1 unspecified atom stereocenters. The lowest BCUT2D eigenvalue weighted by molar-refractivity contribution is -0.132. The summed E-state index contributed by atoms with van der Waals surface area (Å²) < 4.78 is 14.2. The van der Waals surface area contributed by atoms with E-state index in [0.29, 0.717) is 37.3 Å². The highest BCUT2D eigenvalue weighted by Gasteiger charge is 2.24. The smallest absolute Gasteiger partial charge is 0.408 e. The molecule has 1 aliphatic rings. The molecule has 1 amide bonds. The Labute approximate surface area is 149 Å². The van der Waals surface area contributed by atoms with Gasteiger partial charge in [0.1, 0.15) is 6.54 Å². The van der Waals surface area contributed by atoms with Gasteiger partial charge in [0.25, 0.3) is 0 Å². The first-order valence-electron chi connectivity index (χ1n) is 8.66. The summed E-state index contributed by atoms with van der Waals surface area (Å²) in [6.07, 6.45) is 4.23. The third-order valence-corrected chi connectivity index (χ3v) is 4.52. The van der Waals surface area contributed by atoms with Crippen LogP contribution in [0.1, 0.15) is 6.42 Å². The molecular formula is C18H20N4O4. The highest BCUT2D eigenvalue weighted by atomic mass is 16.5. The quantitative estimate of drug-likeness (QED) is 0.699. The Balaban J connectivity index is 1.49. The van der Waals surface area contributed by atoms with Crippen LogP contribution in [-0.2, 0) is 22.6 Å². The minimum atomic E-state index is -0.515. The van der Waals surface area contributed by atoms with Crippen molar-refractivity contribution in [2.24, 2.45) is 0 Å². The van der Waals surface area contributed by atoms with Crippen molar-refractivity contribution >= 4 is 17.0 Å². The van der Waals surface area contributed by atoms with Crippen LogP contribution in [0, 0.1) is 0 Å². The van der Waals surface area contributed by atoms with Gasteiger partial charge in [-0.2, -0.15) is 5.10 Å². The molecular weight excluding hydrogens is 336 g/mol. The summed E-state index contributed by atoms with van der Waals surface area (Å²) in [6, 6.07) is 8.97. The largest absolute Gasteiger partial charge is 0.420 e. The molecule has 3 aromatic rings. The van der Waals surface area contributed by atoms with Crippen LogP contribution in [0.5, 0.6) is 0 Å². The van der Waals surface area contributed by atoms with Crippen molar-refractivity contribution in [2.75, 3.05) is 19.7 Å². The second kappa shape index (κ2) is 7.17. The summed E-state index contributed by atoms with van der Waals surface area (Å²) in [5, 5.41) is 4.19. The molecule has 0 spiro atoms. The number of aromatic nitrogens is 3. The molecule has 8 heteroatoms. The van der Waals surface area contributed by atoms with Gasteiger partial charge >= 0.3 is 5.76 Å². The molecule has 3 heterocycles.